The van der Waals surface area contributed by atoms with E-state index in [0.29, 0.717) is 16.7 Å². The molecule has 22 heavy (non-hydrogen) atoms. The van der Waals surface area contributed by atoms with E-state index in [0.717, 1.165) is 17.5 Å². The predicted molar refractivity (Wildman–Crippen MR) is 78.4 cm³/mol. The second-order valence-electron chi connectivity index (χ2n) is 4.81. The molecule has 0 aliphatic rings. The summed E-state index contributed by atoms with van der Waals surface area (Å²) in [5.41, 5.74) is 1.64. The summed E-state index contributed by atoms with van der Waals surface area (Å²) in [6.07, 6.45) is 0. The second-order valence-corrected chi connectivity index (χ2v) is 5.79. The summed E-state index contributed by atoms with van der Waals surface area (Å²) < 4.78 is 30.8. The molecule has 0 radical (unpaired) electrons. The molecule has 1 aromatic carbocycles. The molecule has 5 nitrogen and oxygen atoms in total. The third kappa shape index (κ3) is 2.50. The lowest BCUT2D eigenvalue weighted by Gasteiger charge is -2.04. The molecule has 0 aliphatic heterocycles. The number of aromatic nitrogens is 5. The van der Waals surface area contributed by atoms with Crippen LogP contribution in [0, 0.1) is 18.6 Å². The lowest BCUT2D eigenvalue weighted by molar-refractivity contribution is 0.540. The van der Waals surface area contributed by atoms with Gasteiger partial charge in [-0.25, -0.2) is 8.78 Å². The standard InChI is InChI=1S/C14H13F2N5S/c1-8-7-11(19-21(8)3)13-17-18-14(20(13)2)22-12-9(15)5-4-6-10(12)16/h4-7H,1-3H3. The van der Waals surface area contributed by atoms with Crippen molar-refractivity contribution in [1.82, 2.24) is 24.5 Å². The Labute approximate surface area is 130 Å². The van der Waals surface area contributed by atoms with E-state index in [9.17, 15) is 8.78 Å². The largest absolute Gasteiger partial charge is 0.304 e. The van der Waals surface area contributed by atoms with Gasteiger partial charge < -0.3 is 4.57 Å². The van der Waals surface area contributed by atoms with Crippen LogP contribution >= 0.6 is 11.8 Å². The summed E-state index contributed by atoms with van der Waals surface area (Å²) in [4.78, 5) is -0.0956. The summed E-state index contributed by atoms with van der Waals surface area (Å²) >= 11 is 0.899. The Morgan fingerprint density at radius 3 is 2.36 bits per heavy atom. The molecule has 0 aliphatic carbocycles. The first-order valence-corrected chi connectivity index (χ1v) is 7.31. The molecule has 0 atom stereocenters. The van der Waals surface area contributed by atoms with Gasteiger partial charge in [-0.2, -0.15) is 5.10 Å². The number of benzene rings is 1. The highest BCUT2D eigenvalue weighted by atomic mass is 32.2. The summed E-state index contributed by atoms with van der Waals surface area (Å²) in [6, 6.07) is 5.63. The fraction of sp³-hybridized carbons (Fsp3) is 0.214. The van der Waals surface area contributed by atoms with E-state index in [1.807, 2.05) is 20.0 Å². The number of rotatable bonds is 3. The van der Waals surface area contributed by atoms with Crippen molar-refractivity contribution in [3.63, 3.8) is 0 Å². The average molecular weight is 321 g/mol. The lowest BCUT2D eigenvalue weighted by atomic mass is 10.3. The van der Waals surface area contributed by atoms with Crippen molar-refractivity contribution >= 4 is 11.8 Å². The molecule has 2 heterocycles. The lowest BCUT2D eigenvalue weighted by Crippen LogP contribution is -1.97. The Balaban J connectivity index is 1.97. The molecule has 0 saturated carbocycles. The zero-order chi connectivity index (χ0) is 15.9. The van der Waals surface area contributed by atoms with Gasteiger partial charge in [-0.05, 0) is 36.9 Å². The van der Waals surface area contributed by atoms with Crippen molar-refractivity contribution < 1.29 is 8.78 Å². The van der Waals surface area contributed by atoms with Crippen LogP contribution in [-0.4, -0.2) is 24.5 Å². The normalized spacial score (nSPS) is 11.1. The fourth-order valence-corrected chi connectivity index (χ4v) is 2.79. The van der Waals surface area contributed by atoms with Gasteiger partial charge in [0.2, 0.25) is 0 Å². The minimum atomic E-state index is -0.622. The Morgan fingerprint density at radius 2 is 1.77 bits per heavy atom. The van der Waals surface area contributed by atoms with E-state index in [4.69, 9.17) is 0 Å². The Hall–Kier alpha value is -2.22. The molecule has 3 rings (SSSR count). The van der Waals surface area contributed by atoms with Gasteiger partial charge >= 0.3 is 0 Å². The minimum absolute atomic E-state index is 0.0956. The zero-order valence-electron chi connectivity index (χ0n) is 12.2. The number of nitrogens with zero attached hydrogens (tertiary/aromatic N) is 5. The molecule has 0 saturated heterocycles. The van der Waals surface area contributed by atoms with Crippen LogP contribution in [0.4, 0.5) is 8.78 Å². The van der Waals surface area contributed by atoms with Crippen LogP contribution in [0.5, 0.6) is 0 Å². The van der Waals surface area contributed by atoms with Crippen LogP contribution in [0.2, 0.25) is 0 Å². The van der Waals surface area contributed by atoms with Gasteiger partial charge in [-0.1, -0.05) is 6.07 Å². The molecular formula is C14H13F2N5S. The van der Waals surface area contributed by atoms with E-state index in [1.54, 1.807) is 16.3 Å². The van der Waals surface area contributed by atoms with E-state index in [2.05, 4.69) is 15.3 Å². The maximum atomic E-state index is 13.7. The topological polar surface area (TPSA) is 48.5 Å². The molecule has 0 amide bonds. The molecule has 2 aromatic heterocycles. The average Bonchev–Trinajstić information content (AvgIpc) is 2.98. The first-order chi connectivity index (χ1) is 10.5. The molecule has 114 valence electrons. The van der Waals surface area contributed by atoms with E-state index in [-0.39, 0.29) is 4.90 Å². The highest BCUT2D eigenvalue weighted by molar-refractivity contribution is 7.99. The maximum Gasteiger partial charge on any atom is 0.196 e. The number of halogens is 2. The third-order valence-electron chi connectivity index (χ3n) is 3.29. The number of aryl methyl sites for hydroxylation is 2. The summed E-state index contributed by atoms with van der Waals surface area (Å²) in [5.74, 6) is -0.700. The molecule has 0 spiro atoms. The fourth-order valence-electron chi connectivity index (χ4n) is 1.97. The van der Waals surface area contributed by atoms with Gasteiger partial charge in [0.15, 0.2) is 11.0 Å². The van der Waals surface area contributed by atoms with Crippen molar-refractivity contribution in [1.29, 1.82) is 0 Å². The highest BCUT2D eigenvalue weighted by Gasteiger charge is 2.18. The first-order valence-electron chi connectivity index (χ1n) is 6.49. The smallest absolute Gasteiger partial charge is 0.196 e. The predicted octanol–water partition coefficient (Wildman–Crippen LogP) is 2.95. The van der Waals surface area contributed by atoms with Crippen molar-refractivity contribution in [2.45, 2.75) is 17.0 Å². The SMILES string of the molecule is Cc1cc(-c2nnc(Sc3c(F)cccc3F)n2C)nn1C. The molecule has 0 bridgehead atoms. The van der Waals surface area contributed by atoms with Crippen molar-refractivity contribution in [2.75, 3.05) is 0 Å². The Morgan fingerprint density at radius 1 is 1.09 bits per heavy atom. The van der Waals surface area contributed by atoms with E-state index in [1.165, 1.54) is 18.2 Å². The monoisotopic (exact) mass is 321 g/mol. The van der Waals surface area contributed by atoms with Crippen molar-refractivity contribution in [3.05, 3.63) is 41.6 Å². The molecule has 0 unspecified atom stereocenters. The van der Waals surface area contributed by atoms with Crippen LogP contribution in [-0.2, 0) is 14.1 Å². The second kappa shape index (κ2) is 5.53. The summed E-state index contributed by atoms with van der Waals surface area (Å²) in [7, 11) is 3.57. The Kier molecular flexibility index (Phi) is 3.69. The van der Waals surface area contributed by atoms with Crippen LogP contribution in [0.1, 0.15) is 5.69 Å². The molecule has 0 fully saturated rings. The Bertz CT molecular complexity index is 800. The van der Waals surface area contributed by atoms with Gasteiger partial charge in [-0.15, -0.1) is 10.2 Å². The van der Waals surface area contributed by atoms with E-state index < -0.39 is 11.6 Å². The van der Waals surface area contributed by atoms with Gasteiger partial charge in [0.25, 0.3) is 0 Å². The van der Waals surface area contributed by atoms with Gasteiger partial charge in [0, 0.05) is 19.8 Å². The third-order valence-corrected chi connectivity index (χ3v) is 4.42. The number of hydrogen-bond acceptors (Lipinski definition) is 4. The van der Waals surface area contributed by atoms with Crippen LogP contribution < -0.4 is 0 Å². The van der Waals surface area contributed by atoms with Crippen LogP contribution in [0.15, 0.2) is 34.3 Å². The highest BCUT2D eigenvalue weighted by Crippen LogP contribution is 2.32. The van der Waals surface area contributed by atoms with Gasteiger partial charge in [-0.3, -0.25) is 4.68 Å². The minimum Gasteiger partial charge on any atom is -0.304 e. The molecular weight excluding hydrogens is 308 g/mol. The maximum absolute atomic E-state index is 13.7. The summed E-state index contributed by atoms with van der Waals surface area (Å²) in [5, 5.41) is 12.8. The van der Waals surface area contributed by atoms with Gasteiger partial charge in [0.1, 0.15) is 17.3 Å². The summed E-state index contributed by atoms with van der Waals surface area (Å²) in [6.45, 7) is 1.93. The number of hydrogen-bond donors (Lipinski definition) is 0. The first kappa shape index (κ1) is 14.7. The van der Waals surface area contributed by atoms with Gasteiger partial charge in [0.05, 0.1) is 4.90 Å². The quantitative estimate of drug-likeness (QED) is 0.744. The van der Waals surface area contributed by atoms with Crippen LogP contribution in [0.25, 0.3) is 11.5 Å². The van der Waals surface area contributed by atoms with Crippen LogP contribution in [0.3, 0.4) is 0 Å². The zero-order valence-corrected chi connectivity index (χ0v) is 13.0. The van der Waals surface area contributed by atoms with E-state index >= 15 is 0 Å². The van der Waals surface area contributed by atoms with Crippen molar-refractivity contribution in [2.24, 2.45) is 14.1 Å². The molecule has 8 heteroatoms. The molecule has 0 N–H and O–H groups in total. The van der Waals surface area contributed by atoms with Crippen molar-refractivity contribution in [3.8, 4) is 11.5 Å². The molecule has 3 aromatic rings.